The van der Waals surface area contributed by atoms with Crippen LogP contribution < -0.4 is 11.0 Å². The summed E-state index contributed by atoms with van der Waals surface area (Å²) in [6.45, 7) is 6.71. The van der Waals surface area contributed by atoms with Gasteiger partial charge in [-0.2, -0.15) is 0 Å². The summed E-state index contributed by atoms with van der Waals surface area (Å²) in [5.74, 6) is 1.70. The molecule has 3 heterocycles. The molecule has 2 aliphatic rings. The van der Waals surface area contributed by atoms with Gasteiger partial charge in [0.05, 0.1) is 11.0 Å². The number of benzene rings is 1. The third kappa shape index (κ3) is 2.40. The largest absolute Gasteiger partial charge is 0.326 e. The van der Waals surface area contributed by atoms with E-state index in [-0.39, 0.29) is 5.69 Å². The zero-order valence-electron chi connectivity index (χ0n) is 12.2. The lowest BCUT2D eigenvalue weighted by molar-refractivity contribution is 0.302. The van der Waals surface area contributed by atoms with Gasteiger partial charge in [-0.3, -0.25) is 4.57 Å². The average Bonchev–Trinajstić information content (AvgIpc) is 3.12. The van der Waals surface area contributed by atoms with Crippen molar-refractivity contribution < 1.29 is 0 Å². The number of imidazole rings is 1. The lowest BCUT2D eigenvalue weighted by Crippen LogP contribution is -2.28. The summed E-state index contributed by atoms with van der Waals surface area (Å²) in [4.78, 5) is 17.5. The zero-order valence-corrected chi connectivity index (χ0v) is 12.2. The van der Waals surface area contributed by atoms with Crippen LogP contribution in [0.15, 0.2) is 29.1 Å². The molecular weight excluding hydrogens is 264 g/mol. The van der Waals surface area contributed by atoms with Gasteiger partial charge in [0.2, 0.25) is 0 Å². The lowest BCUT2D eigenvalue weighted by atomic mass is 10.0. The fourth-order valence-electron chi connectivity index (χ4n) is 3.92. The second kappa shape index (κ2) is 5.31. The summed E-state index contributed by atoms with van der Waals surface area (Å²) >= 11 is 0. The molecule has 2 aliphatic heterocycles. The molecule has 2 fully saturated rings. The molecule has 2 N–H and O–H groups in total. The van der Waals surface area contributed by atoms with Crippen molar-refractivity contribution in [3.8, 4) is 0 Å². The monoisotopic (exact) mass is 286 g/mol. The maximum Gasteiger partial charge on any atom is 0.326 e. The molecule has 1 aromatic heterocycles. The maximum absolute atomic E-state index is 12.0. The molecule has 112 valence electrons. The van der Waals surface area contributed by atoms with Crippen LogP contribution in [0.3, 0.4) is 0 Å². The van der Waals surface area contributed by atoms with E-state index in [0.717, 1.165) is 42.4 Å². The number of H-pyrrole nitrogens is 1. The highest BCUT2D eigenvalue weighted by Crippen LogP contribution is 2.26. The molecule has 0 aliphatic carbocycles. The molecule has 0 saturated carbocycles. The smallest absolute Gasteiger partial charge is 0.316 e. The summed E-state index contributed by atoms with van der Waals surface area (Å²) in [5.41, 5.74) is 1.97. The van der Waals surface area contributed by atoms with Crippen LogP contribution in [0.25, 0.3) is 11.0 Å². The normalized spacial score (nSPS) is 25.7. The first-order valence-corrected chi connectivity index (χ1v) is 7.92. The van der Waals surface area contributed by atoms with Crippen molar-refractivity contribution in [2.75, 3.05) is 32.7 Å². The molecule has 1 aromatic carbocycles. The third-order valence-corrected chi connectivity index (χ3v) is 5.00. The quantitative estimate of drug-likeness (QED) is 0.877. The van der Waals surface area contributed by atoms with Crippen molar-refractivity contribution in [3.05, 3.63) is 34.7 Å². The second-order valence-electron chi connectivity index (χ2n) is 6.39. The van der Waals surface area contributed by atoms with E-state index in [1.165, 1.54) is 26.2 Å². The van der Waals surface area contributed by atoms with Crippen LogP contribution in [0, 0.1) is 11.8 Å². The summed E-state index contributed by atoms with van der Waals surface area (Å²) in [7, 11) is 0. The first-order chi connectivity index (χ1) is 10.3. The molecule has 0 spiro atoms. The predicted octanol–water partition coefficient (Wildman–Crippen LogP) is 0.871. The molecule has 0 radical (unpaired) electrons. The van der Waals surface area contributed by atoms with Crippen molar-refractivity contribution in [2.24, 2.45) is 11.8 Å². The molecule has 5 nitrogen and oxygen atoms in total. The fraction of sp³-hybridized carbons (Fsp3) is 0.562. The Bertz CT molecular complexity index is 677. The van der Waals surface area contributed by atoms with Gasteiger partial charge < -0.3 is 15.2 Å². The summed E-state index contributed by atoms with van der Waals surface area (Å²) < 4.78 is 1.87. The molecule has 5 heteroatoms. The molecule has 2 aromatic rings. The van der Waals surface area contributed by atoms with Gasteiger partial charge in [0, 0.05) is 19.6 Å². The zero-order chi connectivity index (χ0) is 14.2. The predicted molar refractivity (Wildman–Crippen MR) is 83.5 cm³/mol. The Labute approximate surface area is 123 Å². The van der Waals surface area contributed by atoms with Crippen LogP contribution in [-0.4, -0.2) is 47.2 Å². The molecule has 4 rings (SSSR count). The van der Waals surface area contributed by atoms with Crippen molar-refractivity contribution in [1.29, 1.82) is 0 Å². The van der Waals surface area contributed by atoms with Gasteiger partial charge in [-0.25, -0.2) is 4.79 Å². The highest BCUT2D eigenvalue weighted by Gasteiger charge is 2.35. The number of aromatic amines is 1. The van der Waals surface area contributed by atoms with Gasteiger partial charge in [-0.15, -0.1) is 0 Å². The minimum absolute atomic E-state index is 0.0127. The number of likely N-dealkylation sites (tertiary alicyclic amines) is 1. The molecule has 0 amide bonds. The number of rotatable bonds is 4. The highest BCUT2D eigenvalue weighted by molar-refractivity contribution is 5.74. The van der Waals surface area contributed by atoms with Crippen LogP contribution in [-0.2, 0) is 6.54 Å². The topological polar surface area (TPSA) is 53.1 Å². The number of aryl methyl sites for hydroxylation is 1. The van der Waals surface area contributed by atoms with Crippen LogP contribution >= 0.6 is 0 Å². The van der Waals surface area contributed by atoms with Gasteiger partial charge in [-0.1, -0.05) is 12.1 Å². The standard InChI is InChI=1S/C16H22N4O/c21-16-18-14-4-1-2-5-15(14)20(16)7-3-6-19-10-12-8-17-9-13(12)11-19/h1-2,4-5,12-13,17H,3,6-11H2,(H,18,21)/t12-,13+. The minimum atomic E-state index is 0.0127. The maximum atomic E-state index is 12.0. The summed E-state index contributed by atoms with van der Waals surface area (Å²) in [5, 5.41) is 3.47. The molecule has 0 bridgehead atoms. The number of hydrogen-bond donors (Lipinski definition) is 2. The van der Waals surface area contributed by atoms with Gasteiger partial charge in [0.1, 0.15) is 0 Å². The van der Waals surface area contributed by atoms with Gasteiger partial charge in [0.25, 0.3) is 0 Å². The van der Waals surface area contributed by atoms with Crippen molar-refractivity contribution in [3.63, 3.8) is 0 Å². The molecule has 2 saturated heterocycles. The van der Waals surface area contributed by atoms with E-state index in [1.807, 2.05) is 28.8 Å². The first kappa shape index (κ1) is 13.1. The van der Waals surface area contributed by atoms with E-state index >= 15 is 0 Å². The Balaban J connectivity index is 1.38. The first-order valence-electron chi connectivity index (χ1n) is 7.92. The van der Waals surface area contributed by atoms with E-state index in [4.69, 9.17) is 0 Å². The van der Waals surface area contributed by atoms with Crippen LogP contribution in [0.1, 0.15) is 6.42 Å². The lowest BCUT2D eigenvalue weighted by Gasteiger charge is -2.16. The van der Waals surface area contributed by atoms with Gasteiger partial charge >= 0.3 is 5.69 Å². The second-order valence-corrected chi connectivity index (χ2v) is 6.39. The Hall–Kier alpha value is -1.59. The van der Waals surface area contributed by atoms with E-state index < -0.39 is 0 Å². The number of hydrogen-bond acceptors (Lipinski definition) is 3. The van der Waals surface area contributed by atoms with E-state index in [2.05, 4.69) is 15.2 Å². The number of aromatic nitrogens is 2. The highest BCUT2D eigenvalue weighted by atomic mass is 16.1. The van der Waals surface area contributed by atoms with Crippen LogP contribution in [0.5, 0.6) is 0 Å². The minimum Gasteiger partial charge on any atom is -0.316 e. The molecule has 21 heavy (non-hydrogen) atoms. The number of nitrogens with one attached hydrogen (secondary N) is 2. The molecule has 2 atom stereocenters. The number of nitrogens with zero attached hydrogens (tertiary/aromatic N) is 2. The van der Waals surface area contributed by atoms with E-state index in [0.29, 0.717) is 0 Å². The SMILES string of the molecule is O=c1[nH]c2ccccc2n1CCCN1C[C@H]2CNC[C@H]2C1. The summed E-state index contributed by atoms with van der Waals surface area (Å²) in [6, 6.07) is 7.92. The van der Waals surface area contributed by atoms with Crippen molar-refractivity contribution in [2.45, 2.75) is 13.0 Å². The Morgan fingerprint density at radius 1 is 1.10 bits per heavy atom. The Morgan fingerprint density at radius 2 is 1.86 bits per heavy atom. The Morgan fingerprint density at radius 3 is 2.67 bits per heavy atom. The average molecular weight is 286 g/mol. The van der Waals surface area contributed by atoms with Crippen LogP contribution in [0.4, 0.5) is 0 Å². The number of para-hydroxylation sites is 2. The third-order valence-electron chi connectivity index (χ3n) is 5.00. The molecule has 0 unspecified atom stereocenters. The van der Waals surface area contributed by atoms with Gasteiger partial charge in [0.15, 0.2) is 0 Å². The van der Waals surface area contributed by atoms with Crippen molar-refractivity contribution in [1.82, 2.24) is 19.8 Å². The van der Waals surface area contributed by atoms with E-state index in [9.17, 15) is 4.79 Å². The van der Waals surface area contributed by atoms with Crippen molar-refractivity contribution >= 4 is 11.0 Å². The van der Waals surface area contributed by atoms with Crippen LogP contribution in [0.2, 0.25) is 0 Å². The van der Waals surface area contributed by atoms with E-state index in [1.54, 1.807) is 0 Å². The number of fused-ring (bicyclic) bond motifs is 2. The Kier molecular flexibility index (Phi) is 3.31. The summed E-state index contributed by atoms with van der Waals surface area (Å²) in [6.07, 6.45) is 1.04. The molecular formula is C16H22N4O. The van der Waals surface area contributed by atoms with Gasteiger partial charge in [-0.05, 0) is 50.0 Å². The fourth-order valence-corrected chi connectivity index (χ4v) is 3.92.